The predicted octanol–water partition coefficient (Wildman–Crippen LogP) is 4.17. The summed E-state index contributed by atoms with van der Waals surface area (Å²) < 4.78 is 5.35. The van der Waals surface area contributed by atoms with Gasteiger partial charge in [-0.1, -0.05) is 46.5 Å². The van der Waals surface area contributed by atoms with Crippen LogP contribution in [0.3, 0.4) is 0 Å². The first kappa shape index (κ1) is 18.9. The van der Waals surface area contributed by atoms with E-state index in [0.29, 0.717) is 0 Å². The molecular weight excluding hydrogens is 256 g/mol. The lowest BCUT2D eigenvalue weighted by atomic mass is 9.82. The third-order valence-electron chi connectivity index (χ3n) is 4.03. The Morgan fingerprint density at radius 2 is 1.60 bits per heavy atom. The van der Waals surface area contributed by atoms with Crippen LogP contribution in [0, 0.1) is 5.41 Å². The van der Waals surface area contributed by atoms with E-state index in [1.807, 2.05) is 6.92 Å². The monoisotopic (exact) mass is 286 g/mol. The number of esters is 1. The minimum absolute atomic E-state index is 0.207. The Balaban J connectivity index is 4.26. The SMILES string of the molecule is CCCCCCCC(C)OC(=O)C(CC)(CC)C(=O)O. The molecule has 0 bridgehead atoms. The standard InChI is InChI=1S/C16H30O4/c1-5-8-9-10-11-12-13(4)20-15(19)16(6-2,7-3)14(17)18/h13H,5-12H2,1-4H3,(H,17,18). The summed E-state index contributed by atoms with van der Waals surface area (Å²) in [6, 6.07) is 0. The molecule has 0 aliphatic carbocycles. The second-order valence-electron chi connectivity index (χ2n) is 5.51. The van der Waals surface area contributed by atoms with Crippen LogP contribution in [0.1, 0.15) is 79.1 Å². The van der Waals surface area contributed by atoms with E-state index in [2.05, 4.69) is 6.92 Å². The van der Waals surface area contributed by atoms with Gasteiger partial charge in [0.1, 0.15) is 0 Å². The van der Waals surface area contributed by atoms with Crippen molar-refractivity contribution in [2.75, 3.05) is 0 Å². The number of ether oxygens (including phenoxy) is 1. The molecule has 0 saturated carbocycles. The van der Waals surface area contributed by atoms with E-state index in [-0.39, 0.29) is 18.9 Å². The first-order valence-electron chi connectivity index (χ1n) is 7.89. The van der Waals surface area contributed by atoms with Gasteiger partial charge in [0.05, 0.1) is 6.10 Å². The highest BCUT2D eigenvalue weighted by atomic mass is 16.5. The molecule has 1 N–H and O–H groups in total. The average molecular weight is 286 g/mol. The van der Waals surface area contributed by atoms with Gasteiger partial charge in [0, 0.05) is 0 Å². The normalized spacial score (nSPS) is 13.0. The summed E-state index contributed by atoms with van der Waals surface area (Å²) >= 11 is 0. The van der Waals surface area contributed by atoms with Gasteiger partial charge in [-0.25, -0.2) is 0 Å². The van der Waals surface area contributed by atoms with Crippen LogP contribution in [0.2, 0.25) is 0 Å². The number of hydrogen-bond donors (Lipinski definition) is 1. The molecule has 0 rings (SSSR count). The molecule has 20 heavy (non-hydrogen) atoms. The molecule has 4 heteroatoms. The van der Waals surface area contributed by atoms with E-state index in [9.17, 15) is 14.7 Å². The van der Waals surface area contributed by atoms with Gasteiger partial charge in [0.25, 0.3) is 0 Å². The molecule has 0 aliphatic heterocycles. The molecule has 4 nitrogen and oxygen atoms in total. The van der Waals surface area contributed by atoms with Gasteiger partial charge in [0.2, 0.25) is 0 Å². The number of carboxylic acid groups (broad SMARTS) is 1. The van der Waals surface area contributed by atoms with Crippen molar-refractivity contribution in [2.24, 2.45) is 5.41 Å². The first-order chi connectivity index (χ1) is 9.44. The second-order valence-corrected chi connectivity index (χ2v) is 5.51. The molecule has 0 aromatic carbocycles. The molecule has 0 spiro atoms. The molecule has 0 heterocycles. The van der Waals surface area contributed by atoms with Crippen LogP contribution >= 0.6 is 0 Å². The number of unbranched alkanes of at least 4 members (excludes halogenated alkanes) is 4. The van der Waals surface area contributed by atoms with Gasteiger partial charge in [-0.05, 0) is 32.6 Å². The quantitative estimate of drug-likeness (QED) is 0.352. The van der Waals surface area contributed by atoms with Crippen LogP contribution in [0.4, 0.5) is 0 Å². The van der Waals surface area contributed by atoms with E-state index < -0.39 is 17.4 Å². The minimum Gasteiger partial charge on any atom is -0.480 e. The smallest absolute Gasteiger partial charge is 0.323 e. The van der Waals surface area contributed by atoms with Crippen molar-refractivity contribution in [3.8, 4) is 0 Å². The molecule has 0 aliphatic rings. The maximum atomic E-state index is 12.1. The lowest BCUT2D eigenvalue weighted by molar-refractivity contribution is -0.173. The van der Waals surface area contributed by atoms with Crippen molar-refractivity contribution in [1.29, 1.82) is 0 Å². The second kappa shape index (κ2) is 9.78. The molecule has 1 unspecified atom stereocenters. The topological polar surface area (TPSA) is 63.6 Å². The molecule has 0 aromatic rings. The summed E-state index contributed by atoms with van der Waals surface area (Å²) in [5.74, 6) is -1.67. The number of carbonyl (C=O) groups is 2. The fourth-order valence-electron chi connectivity index (χ4n) is 2.32. The first-order valence-corrected chi connectivity index (χ1v) is 7.89. The van der Waals surface area contributed by atoms with Gasteiger partial charge in [0.15, 0.2) is 5.41 Å². The Bertz CT molecular complexity index is 295. The van der Waals surface area contributed by atoms with Gasteiger partial charge in [-0.15, -0.1) is 0 Å². The van der Waals surface area contributed by atoms with Gasteiger partial charge < -0.3 is 9.84 Å². The average Bonchev–Trinajstić information content (AvgIpc) is 2.40. The summed E-state index contributed by atoms with van der Waals surface area (Å²) in [5, 5.41) is 9.28. The number of aliphatic carboxylic acids is 1. The summed E-state index contributed by atoms with van der Waals surface area (Å²) in [6.45, 7) is 7.45. The van der Waals surface area contributed by atoms with Crippen molar-refractivity contribution >= 4 is 11.9 Å². The van der Waals surface area contributed by atoms with Crippen molar-refractivity contribution in [1.82, 2.24) is 0 Å². The summed E-state index contributed by atoms with van der Waals surface area (Å²) in [5.41, 5.74) is -1.38. The largest absolute Gasteiger partial charge is 0.480 e. The van der Waals surface area contributed by atoms with Crippen molar-refractivity contribution < 1.29 is 19.4 Å². The maximum Gasteiger partial charge on any atom is 0.323 e. The molecule has 118 valence electrons. The van der Waals surface area contributed by atoms with E-state index in [0.717, 1.165) is 19.3 Å². The van der Waals surface area contributed by atoms with Crippen LogP contribution in [0.5, 0.6) is 0 Å². The molecule has 0 fully saturated rings. The molecule has 0 radical (unpaired) electrons. The maximum absolute atomic E-state index is 12.1. The predicted molar refractivity (Wildman–Crippen MR) is 79.6 cm³/mol. The molecular formula is C16H30O4. The number of hydrogen-bond acceptors (Lipinski definition) is 3. The van der Waals surface area contributed by atoms with Crippen molar-refractivity contribution in [2.45, 2.75) is 85.2 Å². The Morgan fingerprint density at radius 3 is 2.05 bits per heavy atom. The number of rotatable bonds is 11. The van der Waals surface area contributed by atoms with Crippen LogP contribution < -0.4 is 0 Å². The van der Waals surface area contributed by atoms with E-state index in [1.165, 1.54) is 19.3 Å². The van der Waals surface area contributed by atoms with Crippen LogP contribution in [-0.4, -0.2) is 23.1 Å². The van der Waals surface area contributed by atoms with E-state index >= 15 is 0 Å². The molecule has 0 aromatic heterocycles. The number of carbonyl (C=O) groups excluding carboxylic acids is 1. The molecule has 0 amide bonds. The van der Waals surface area contributed by atoms with Crippen LogP contribution in [0.25, 0.3) is 0 Å². The third kappa shape index (κ3) is 5.51. The highest BCUT2D eigenvalue weighted by Crippen LogP contribution is 2.29. The summed E-state index contributed by atoms with van der Waals surface area (Å²) in [4.78, 5) is 23.4. The Morgan fingerprint density at radius 1 is 1.05 bits per heavy atom. The lowest BCUT2D eigenvalue weighted by Crippen LogP contribution is -2.41. The molecule has 0 saturated heterocycles. The Labute approximate surface area is 122 Å². The fraction of sp³-hybridized carbons (Fsp3) is 0.875. The van der Waals surface area contributed by atoms with Crippen LogP contribution in [0.15, 0.2) is 0 Å². The fourth-order valence-corrected chi connectivity index (χ4v) is 2.32. The molecule has 1 atom stereocenters. The minimum atomic E-state index is -1.38. The highest BCUT2D eigenvalue weighted by Gasteiger charge is 2.44. The summed E-state index contributed by atoms with van der Waals surface area (Å²) in [6.07, 6.45) is 6.94. The van der Waals surface area contributed by atoms with E-state index in [1.54, 1.807) is 13.8 Å². The van der Waals surface area contributed by atoms with Crippen molar-refractivity contribution in [3.63, 3.8) is 0 Å². The third-order valence-corrected chi connectivity index (χ3v) is 4.03. The van der Waals surface area contributed by atoms with Gasteiger partial charge in [-0.3, -0.25) is 9.59 Å². The Hall–Kier alpha value is -1.06. The van der Waals surface area contributed by atoms with Gasteiger partial charge >= 0.3 is 11.9 Å². The van der Waals surface area contributed by atoms with Crippen LogP contribution in [-0.2, 0) is 14.3 Å². The van der Waals surface area contributed by atoms with Gasteiger partial charge in [-0.2, -0.15) is 0 Å². The zero-order valence-corrected chi connectivity index (χ0v) is 13.4. The Kier molecular flexibility index (Phi) is 9.26. The summed E-state index contributed by atoms with van der Waals surface area (Å²) in [7, 11) is 0. The lowest BCUT2D eigenvalue weighted by Gasteiger charge is -2.26. The number of carboxylic acids is 1. The van der Waals surface area contributed by atoms with Crippen molar-refractivity contribution in [3.05, 3.63) is 0 Å². The zero-order valence-electron chi connectivity index (χ0n) is 13.4. The zero-order chi connectivity index (χ0) is 15.6. The highest BCUT2D eigenvalue weighted by molar-refractivity contribution is 5.99. The van der Waals surface area contributed by atoms with E-state index in [4.69, 9.17) is 4.74 Å².